The second-order valence-electron chi connectivity index (χ2n) is 8.40. The maximum absolute atomic E-state index is 11.8. The molecule has 0 fully saturated rings. The van der Waals surface area contributed by atoms with Gasteiger partial charge in [-0.1, -0.05) is 79.5 Å². The van der Waals surface area contributed by atoms with Crippen LogP contribution in [0, 0.1) is 6.92 Å². The molecule has 32 heavy (non-hydrogen) atoms. The minimum Gasteiger partial charge on any atom is -0.492 e. The molecule has 0 saturated heterocycles. The molecular formula is C28H34ClNO2. The third-order valence-corrected chi connectivity index (χ3v) is 6.24. The first-order valence-electron chi connectivity index (χ1n) is 11.4. The number of nitrogens with zero attached hydrogens (tertiary/aromatic N) is 1. The Bertz CT molecular complexity index is 950. The maximum atomic E-state index is 11.8. The second-order valence-corrected chi connectivity index (χ2v) is 8.83. The van der Waals surface area contributed by atoms with Gasteiger partial charge in [0.05, 0.1) is 5.60 Å². The Labute approximate surface area is 197 Å². The molecule has 0 bridgehead atoms. The Morgan fingerprint density at radius 1 is 0.812 bits per heavy atom. The molecule has 3 aromatic rings. The van der Waals surface area contributed by atoms with E-state index in [2.05, 4.69) is 37.8 Å². The summed E-state index contributed by atoms with van der Waals surface area (Å²) in [6.07, 6.45) is 1.02. The van der Waals surface area contributed by atoms with Crippen molar-refractivity contribution in [2.45, 2.75) is 39.2 Å². The molecule has 0 radical (unpaired) electrons. The normalized spacial score (nSPS) is 13.2. The molecule has 3 nitrogen and oxygen atoms in total. The fourth-order valence-electron chi connectivity index (χ4n) is 3.94. The summed E-state index contributed by atoms with van der Waals surface area (Å²) in [4.78, 5) is 2.34. The van der Waals surface area contributed by atoms with Gasteiger partial charge in [0.15, 0.2) is 0 Å². The van der Waals surface area contributed by atoms with Gasteiger partial charge >= 0.3 is 0 Å². The van der Waals surface area contributed by atoms with E-state index in [0.29, 0.717) is 24.5 Å². The molecule has 3 aromatic carbocycles. The second kappa shape index (κ2) is 11.5. The quantitative estimate of drug-likeness (QED) is 0.385. The number of hydrogen-bond donors (Lipinski definition) is 1. The fourth-order valence-corrected chi connectivity index (χ4v) is 4.07. The zero-order valence-electron chi connectivity index (χ0n) is 19.4. The summed E-state index contributed by atoms with van der Waals surface area (Å²) in [5.41, 5.74) is 3.19. The number of halogens is 1. The van der Waals surface area contributed by atoms with Crippen LogP contribution in [0.4, 0.5) is 0 Å². The zero-order chi connectivity index (χ0) is 23.0. The molecule has 4 heteroatoms. The van der Waals surface area contributed by atoms with Crippen molar-refractivity contribution >= 4 is 11.6 Å². The van der Waals surface area contributed by atoms with Gasteiger partial charge in [-0.3, -0.25) is 0 Å². The van der Waals surface area contributed by atoms with Crippen molar-refractivity contribution in [3.63, 3.8) is 0 Å². The highest BCUT2D eigenvalue weighted by molar-refractivity contribution is 6.30. The van der Waals surface area contributed by atoms with Crippen molar-refractivity contribution in [3.8, 4) is 5.75 Å². The van der Waals surface area contributed by atoms with Crippen LogP contribution in [0.5, 0.6) is 5.75 Å². The first-order valence-corrected chi connectivity index (χ1v) is 11.8. The Kier molecular flexibility index (Phi) is 8.75. The molecule has 1 atom stereocenters. The molecule has 0 heterocycles. The topological polar surface area (TPSA) is 32.7 Å². The summed E-state index contributed by atoms with van der Waals surface area (Å²) in [6.45, 7) is 10.0. The van der Waals surface area contributed by atoms with Crippen LogP contribution >= 0.6 is 11.6 Å². The lowest BCUT2D eigenvalue weighted by atomic mass is 9.82. The van der Waals surface area contributed by atoms with Crippen LogP contribution in [0.25, 0.3) is 0 Å². The molecular weight excluding hydrogens is 418 g/mol. The van der Waals surface area contributed by atoms with Crippen LogP contribution < -0.4 is 4.74 Å². The molecule has 0 amide bonds. The third-order valence-electron chi connectivity index (χ3n) is 5.99. The van der Waals surface area contributed by atoms with E-state index in [4.69, 9.17) is 16.3 Å². The van der Waals surface area contributed by atoms with Crippen LogP contribution in [-0.2, 0) is 18.4 Å². The van der Waals surface area contributed by atoms with E-state index >= 15 is 0 Å². The summed E-state index contributed by atoms with van der Waals surface area (Å²) in [6, 6.07) is 23.9. The lowest BCUT2D eigenvalue weighted by Gasteiger charge is -2.29. The molecule has 170 valence electrons. The van der Waals surface area contributed by atoms with Gasteiger partial charge in [0.2, 0.25) is 0 Å². The number of aryl methyl sites for hydroxylation is 1. The van der Waals surface area contributed by atoms with Gasteiger partial charge in [-0.05, 0) is 61.0 Å². The van der Waals surface area contributed by atoms with E-state index < -0.39 is 5.60 Å². The van der Waals surface area contributed by atoms with Gasteiger partial charge < -0.3 is 14.7 Å². The average molecular weight is 452 g/mol. The van der Waals surface area contributed by atoms with Crippen LogP contribution in [0.15, 0.2) is 72.8 Å². The SMILES string of the molecule is CCN(CC)CCOc1ccc(CC(O)(Cc2ccc(Cl)cc2)c2ccc(C)cc2)cc1. The number of ether oxygens (including phenoxy) is 1. The molecule has 0 aliphatic heterocycles. The highest BCUT2D eigenvalue weighted by Gasteiger charge is 2.30. The van der Waals surface area contributed by atoms with Crippen molar-refractivity contribution in [1.82, 2.24) is 4.90 Å². The molecule has 1 unspecified atom stereocenters. The molecule has 3 rings (SSSR count). The predicted octanol–water partition coefficient (Wildman–Crippen LogP) is 6.04. The van der Waals surface area contributed by atoms with Gasteiger partial charge in [-0.25, -0.2) is 0 Å². The van der Waals surface area contributed by atoms with Crippen molar-refractivity contribution in [3.05, 3.63) is 100 Å². The summed E-state index contributed by atoms with van der Waals surface area (Å²) < 4.78 is 5.91. The van der Waals surface area contributed by atoms with E-state index in [1.165, 1.54) is 5.56 Å². The first-order chi connectivity index (χ1) is 15.4. The number of benzene rings is 3. The van der Waals surface area contributed by atoms with E-state index in [-0.39, 0.29) is 0 Å². The largest absolute Gasteiger partial charge is 0.492 e. The lowest BCUT2D eigenvalue weighted by Crippen LogP contribution is -2.31. The van der Waals surface area contributed by atoms with Gasteiger partial charge in [0, 0.05) is 24.4 Å². The smallest absolute Gasteiger partial charge is 0.119 e. The number of hydrogen-bond acceptors (Lipinski definition) is 3. The first kappa shape index (κ1) is 24.3. The Morgan fingerprint density at radius 2 is 1.34 bits per heavy atom. The lowest BCUT2D eigenvalue weighted by molar-refractivity contribution is 0.0371. The Morgan fingerprint density at radius 3 is 1.88 bits per heavy atom. The standard InChI is InChI=1S/C28H34ClNO2/c1-4-30(5-2)18-19-32-27-16-10-24(11-17-27)21-28(31,25-12-6-22(3)7-13-25)20-23-8-14-26(29)15-9-23/h6-17,31H,4-5,18-21H2,1-3H3. The summed E-state index contributed by atoms with van der Waals surface area (Å²) in [5, 5.41) is 12.5. The molecule has 0 aliphatic carbocycles. The van der Waals surface area contributed by atoms with Gasteiger partial charge in [0.25, 0.3) is 0 Å². The van der Waals surface area contributed by atoms with Crippen LogP contribution in [0.1, 0.15) is 36.1 Å². The number of likely N-dealkylation sites (N-methyl/N-ethyl adjacent to an activating group) is 1. The molecule has 0 spiro atoms. The summed E-state index contributed by atoms with van der Waals surface area (Å²) >= 11 is 6.05. The Balaban J connectivity index is 1.74. The van der Waals surface area contributed by atoms with Crippen molar-refractivity contribution in [1.29, 1.82) is 0 Å². The fraction of sp³-hybridized carbons (Fsp3) is 0.357. The van der Waals surface area contributed by atoms with E-state index in [1.807, 2.05) is 60.7 Å². The third kappa shape index (κ3) is 6.83. The van der Waals surface area contributed by atoms with Gasteiger partial charge in [0.1, 0.15) is 12.4 Å². The number of rotatable bonds is 11. The summed E-state index contributed by atoms with van der Waals surface area (Å²) in [7, 11) is 0. The molecule has 0 aromatic heterocycles. The highest BCUT2D eigenvalue weighted by Crippen LogP contribution is 2.31. The zero-order valence-corrected chi connectivity index (χ0v) is 20.1. The van der Waals surface area contributed by atoms with E-state index in [9.17, 15) is 5.11 Å². The minimum atomic E-state index is -1.02. The molecule has 0 aliphatic rings. The number of aliphatic hydroxyl groups is 1. The van der Waals surface area contributed by atoms with E-state index in [0.717, 1.165) is 42.1 Å². The van der Waals surface area contributed by atoms with Crippen molar-refractivity contribution < 1.29 is 9.84 Å². The van der Waals surface area contributed by atoms with Crippen LogP contribution in [0.3, 0.4) is 0 Å². The van der Waals surface area contributed by atoms with E-state index in [1.54, 1.807) is 0 Å². The van der Waals surface area contributed by atoms with Crippen LogP contribution in [0.2, 0.25) is 5.02 Å². The minimum absolute atomic E-state index is 0.509. The predicted molar refractivity (Wildman–Crippen MR) is 134 cm³/mol. The Hall–Kier alpha value is -2.33. The molecule has 0 saturated carbocycles. The van der Waals surface area contributed by atoms with Crippen LogP contribution in [-0.4, -0.2) is 36.2 Å². The maximum Gasteiger partial charge on any atom is 0.119 e. The summed E-state index contributed by atoms with van der Waals surface area (Å²) in [5.74, 6) is 0.859. The highest BCUT2D eigenvalue weighted by atomic mass is 35.5. The van der Waals surface area contributed by atoms with Gasteiger partial charge in [-0.15, -0.1) is 0 Å². The van der Waals surface area contributed by atoms with Crippen molar-refractivity contribution in [2.75, 3.05) is 26.2 Å². The van der Waals surface area contributed by atoms with Crippen molar-refractivity contribution in [2.24, 2.45) is 0 Å². The molecule has 1 N–H and O–H groups in total. The average Bonchev–Trinajstić information content (AvgIpc) is 2.80. The monoisotopic (exact) mass is 451 g/mol. The van der Waals surface area contributed by atoms with Gasteiger partial charge in [-0.2, -0.15) is 0 Å².